The molecule has 1 aliphatic rings. The summed E-state index contributed by atoms with van der Waals surface area (Å²) >= 11 is 4.05. The fourth-order valence-electron chi connectivity index (χ4n) is 1.18. The van der Waals surface area contributed by atoms with Gasteiger partial charge in [0.15, 0.2) is 0 Å². The van der Waals surface area contributed by atoms with Gasteiger partial charge in [0.1, 0.15) is 6.54 Å². The van der Waals surface area contributed by atoms with E-state index in [0.29, 0.717) is 6.54 Å². The van der Waals surface area contributed by atoms with Crippen LogP contribution in [-0.2, 0) is 4.79 Å². The molecule has 0 aromatic carbocycles. The molecule has 0 spiro atoms. The summed E-state index contributed by atoms with van der Waals surface area (Å²) in [5, 5.41) is -0.332. The van der Waals surface area contributed by atoms with E-state index < -0.39 is 0 Å². The molecule has 1 fully saturated rings. The van der Waals surface area contributed by atoms with Crippen LogP contribution >= 0.6 is 12.6 Å². The fourth-order valence-corrected chi connectivity index (χ4v) is 1.41. The molecule has 0 bridgehead atoms. The minimum absolute atomic E-state index is 0.163. The van der Waals surface area contributed by atoms with E-state index in [-0.39, 0.29) is 23.9 Å². The number of amides is 3. The van der Waals surface area contributed by atoms with Crippen LogP contribution in [0.3, 0.4) is 0 Å². The molecule has 0 aromatic heterocycles. The number of carbonyl (C=O) groups excluding carboxylic acids is 2. The third-order valence-electron chi connectivity index (χ3n) is 1.83. The first kappa shape index (κ1) is 9.38. The molecule has 1 aliphatic heterocycles. The first-order chi connectivity index (χ1) is 5.57. The van der Waals surface area contributed by atoms with Crippen LogP contribution in [0.2, 0.25) is 0 Å². The molecule has 0 saturated carbocycles. The minimum atomic E-state index is -0.332. The summed E-state index contributed by atoms with van der Waals surface area (Å²) in [4.78, 5) is 25.2. The summed E-state index contributed by atoms with van der Waals surface area (Å²) in [6, 6.07) is -0.231. The molecule has 0 aliphatic carbocycles. The SMILES string of the molecule is CCN1CC(=O)N(C(C)S)C1=O. The van der Waals surface area contributed by atoms with Crippen LogP contribution in [0.5, 0.6) is 0 Å². The molecular formula is C7H12N2O2S. The normalized spacial score (nSPS) is 20.6. The summed E-state index contributed by atoms with van der Waals surface area (Å²) < 4.78 is 0. The number of hydrogen-bond acceptors (Lipinski definition) is 3. The van der Waals surface area contributed by atoms with E-state index in [0.717, 1.165) is 0 Å². The van der Waals surface area contributed by atoms with Crippen molar-refractivity contribution in [3.63, 3.8) is 0 Å². The number of thiol groups is 1. The average molecular weight is 188 g/mol. The lowest BCUT2D eigenvalue weighted by atomic mass is 10.5. The standard InChI is InChI=1S/C7H12N2O2S/c1-3-8-4-6(10)9(5(2)12)7(8)11/h5,12H,3-4H2,1-2H3. The van der Waals surface area contributed by atoms with Crippen LogP contribution in [0, 0.1) is 0 Å². The summed E-state index contributed by atoms with van der Waals surface area (Å²) in [6.07, 6.45) is 0. The molecule has 4 nitrogen and oxygen atoms in total. The number of rotatable bonds is 2. The second-order valence-corrected chi connectivity index (χ2v) is 3.44. The zero-order valence-electron chi connectivity index (χ0n) is 7.15. The molecule has 1 saturated heterocycles. The van der Waals surface area contributed by atoms with Crippen molar-refractivity contribution >= 4 is 24.6 Å². The molecular weight excluding hydrogens is 176 g/mol. The Hall–Kier alpha value is -0.710. The van der Waals surface area contributed by atoms with Gasteiger partial charge in [0.05, 0.1) is 5.37 Å². The van der Waals surface area contributed by atoms with Crippen LogP contribution in [-0.4, -0.2) is 40.2 Å². The Morgan fingerprint density at radius 1 is 1.58 bits per heavy atom. The maximum atomic E-state index is 11.4. The van der Waals surface area contributed by atoms with Crippen LogP contribution in [0.25, 0.3) is 0 Å². The zero-order chi connectivity index (χ0) is 9.30. The van der Waals surface area contributed by atoms with Crippen molar-refractivity contribution in [3.8, 4) is 0 Å². The zero-order valence-corrected chi connectivity index (χ0v) is 8.04. The van der Waals surface area contributed by atoms with Crippen LogP contribution in [0.1, 0.15) is 13.8 Å². The van der Waals surface area contributed by atoms with Crippen molar-refractivity contribution in [1.82, 2.24) is 9.80 Å². The number of hydrogen-bond donors (Lipinski definition) is 1. The number of urea groups is 1. The summed E-state index contributed by atoms with van der Waals surface area (Å²) in [5.41, 5.74) is 0. The van der Waals surface area contributed by atoms with Gasteiger partial charge in [-0.25, -0.2) is 4.79 Å². The Kier molecular flexibility index (Phi) is 2.62. The largest absolute Gasteiger partial charge is 0.328 e. The highest BCUT2D eigenvalue weighted by atomic mass is 32.1. The Labute approximate surface area is 76.9 Å². The van der Waals surface area contributed by atoms with Crippen molar-refractivity contribution in [1.29, 1.82) is 0 Å². The van der Waals surface area contributed by atoms with E-state index in [1.807, 2.05) is 6.92 Å². The first-order valence-corrected chi connectivity index (χ1v) is 4.38. The molecule has 5 heteroatoms. The third-order valence-corrected chi connectivity index (χ3v) is 2.06. The minimum Gasteiger partial charge on any atom is -0.315 e. The van der Waals surface area contributed by atoms with E-state index in [4.69, 9.17) is 0 Å². The summed E-state index contributed by atoms with van der Waals surface area (Å²) in [5.74, 6) is -0.163. The molecule has 1 rings (SSSR count). The van der Waals surface area contributed by atoms with E-state index in [1.54, 1.807) is 6.92 Å². The summed E-state index contributed by atoms with van der Waals surface area (Å²) in [6.45, 7) is 4.32. The molecule has 1 heterocycles. The van der Waals surface area contributed by atoms with E-state index in [2.05, 4.69) is 12.6 Å². The summed E-state index contributed by atoms with van der Waals surface area (Å²) in [7, 11) is 0. The van der Waals surface area contributed by atoms with Gasteiger partial charge >= 0.3 is 6.03 Å². The van der Waals surface area contributed by atoms with Gasteiger partial charge < -0.3 is 4.90 Å². The van der Waals surface area contributed by atoms with E-state index in [1.165, 1.54) is 9.80 Å². The maximum Gasteiger partial charge on any atom is 0.328 e. The quantitative estimate of drug-likeness (QED) is 0.508. The highest BCUT2D eigenvalue weighted by Gasteiger charge is 2.36. The van der Waals surface area contributed by atoms with E-state index in [9.17, 15) is 9.59 Å². The average Bonchev–Trinajstić information content (AvgIpc) is 2.25. The number of likely N-dealkylation sites (N-methyl/N-ethyl adjacent to an activating group) is 1. The van der Waals surface area contributed by atoms with Crippen LogP contribution < -0.4 is 0 Å². The van der Waals surface area contributed by atoms with Crippen molar-refractivity contribution in [2.24, 2.45) is 0 Å². The lowest BCUT2D eigenvalue weighted by molar-refractivity contribution is -0.125. The van der Waals surface area contributed by atoms with Gasteiger partial charge in [-0.1, -0.05) is 0 Å². The Bertz CT molecular complexity index is 217. The number of imide groups is 1. The van der Waals surface area contributed by atoms with Gasteiger partial charge in [0.2, 0.25) is 0 Å². The molecule has 1 unspecified atom stereocenters. The van der Waals surface area contributed by atoms with Crippen molar-refractivity contribution in [2.45, 2.75) is 19.2 Å². The van der Waals surface area contributed by atoms with Crippen molar-refractivity contribution in [3.05, 3.63) is 0 Å². The molecule has 12 heavy (non-hydrogen) atoms. The number of carbonyl (C=O) groups is 2. The predicted octanol–water partition coefficient (Wildman–Crippen LogP) is 0.546. The first-order valence-electron chi connectivity index (χ1n) is 3.87. The van der Waals surface area contributed by atoms with Crippen molar-refractivity contribution in [2.75, 3.05) is 13.1 Å². The third kappa shape index (κ3) is 1.41. The highest BCUT2D eigenvalue weighted by Crippen LogP contribution is 2.14. The molecule has 0 radical (unpaired) electrons. The number of nitrogens with zero attached hydrogens (tertiary/aromatic N) is 2. The van der Waals surface area contributed by atoms with E-state index >= 15 is 0 Å². The Morgan fingerprint density at radius 3 is 2.42 bits per heavy atom. The maximum absolute atomic E-state index is 11.4. The highest BCUT2D eigenvalue weighted by molar-refractivity contribution is 7.80. The lowest BCUT2D eigenvalue weighted by Gasteiger charge is -2.17. The van der Waals surface area contributed by atoms with Gasteiger partial charge in [0, 0.05) is 6.54 Å². The Balaban J connectivity index is 2.77. The van der Waals surface area contributed by atoms with Crippen LogP contribution in [0.15, 0.2) is 0 Å². The van der Waals surface area contributed by atoms with Gasteiger partial charge in [-0.15, -0.1) is 0 Å². The lowest BCUT2D eigenvalue weighted by Crippen LogP contribution is -2.36. The smallest absolute Gasteiger partial charge is 0.315 e. The van der Waals surface area contributed by atoms with Gasteiger partial charge in [-0.2, -0.15) is 12.6 Å². The molecule has 1 atom stereocenters. The molecule has 0 aromatic rings. The molecule has 68 valence electrons. The second kappa shape index (κ2) is 3.35. The molecule has 0 N–H and O–H groups in total. The van der Waals surface area contributed by atoms with Gasteiger partial charge in [0.25, 0.3) is 5.91 Å². The van der Waals surface area contributed by atoms with Crippen molar-refractivity contribution < 1.29 is 9.59 Å². The van der Waals surface area contributed by atoms with Crippen LogP contribution in [0.4, 0.5) is 4.79 Å². The monoisotopic (exact) mass is 188 g/mol. The molecule has 3 amide bonds. The van der Waals surface area contributed by atoms with Gasteiger partial charge in [-0.3, -0.25) is 9.69 Å². The topological polar surface area (TPSA) is 40.6 Å². The van der Waals surface area contributed by atoms with Gasteiger partial charge in [-0.05, 0) is 13.8 Å². The fraction of sp³-hybridized carbons (Fsp3) is 0.714. The Morgan fingerprint density at radius 2 is 2.17 bits per heavy atom. The predicted molar refractivity (Wildman–Crippen MR) is 47.9 cm³/mol. The second-order valence-electron chi connectivity index (χ2n) is 2.69.